The van der Waals surface area contributed by atoms with Crippen LogP contribution in [0.15, 0.2) is 58.3 Å². The Morgan fingerprint density at radius 2 is 1.02 bits per heavy atom. The number of halogens is 1. The lowest BCUT2D eigenvalue weighted by atomic mass is 10.1. The van der Waals surface area contributed by atoms with Gasteiger partial charge in [-0.25, -0.2) is 8.42 Å². The Morgan fingerprint density at radius 1 is 0.660 bits per heavy atom. The van der Waals surface area contributed by atoms with Crippen LogP contribution in [0.1, 0.15) is 38.8 Å². The molecule has 0 aliphatic rings. The van der Waals surface area contributed by atoms with Crippen molar-refractivity contribution in [1.29, 1.82) is 0 Å². The Balaban J connectivity index is 0.000000744. The molecule has 2 rings (SSSR count). The van der Waals surface area contributed by atoms with Crippen LogP contribution in [0.25, 0.3) is 0 Å². The fourth-order valence-corrected chi connectivity index (χ4v) is 7.03. The molecule has 0 aliphatic carbocycles. The monoisotopic (exact) mass is 764 g/mol. The van der Waals surface area contributed by atoms with Gasteiger partial charge in [-0.05, 0) is 49.6 Å². The van der Waals surface area contributed by atoms with Gasteiger partial charge in [0, 0.05) is 21.2 Å². The zero-order valence-corrected chi connectivity index (χ0v) is 31.3. The Bertz CT molecular complexity index is 1350. The Kier molecular flexibility index (Phi) is 22.2. The maximum Gasteiger partial charge on any atom is 0.297 e. The van der Waals surface area contributed by atoms with E-state index in [2.05, 4.69) is 0 Å². The lowest BCUT2D eigenvalue weighted by Gasteiger charge is -2.26. The van der Waals surface area contributed by atoms with Crippen LogP contribution >= 0.6 is 34.2 Å². The van der Waals surface area contributed by atoms with Gasteiger partial charge >= 0.3 is 0 Å². The fourth-order valence-electron chi connectivity index (χ4n) is 3.57. The average Bonchev–Trinajstić information content (AvgIpc) is 3.02. The van der Waals surface area contributed by atoms with Gasteiger partial charge < -0.3 is 35.7 Å². The van der Waals surface area contributed by atoms with Crippen LogP contribution in [0.5, 0.6) is 0 Å². The van der Waals surface area contributed by atoms with Crippen LogP contribution in [-0.2, 0) is 23.4 Å². The van der Waals surface area contributed by atoms with E-state index in [4.69, 9.17) is 25.1 Å². The van der Waals surface area contributed by atoms with E-state index in [1.165, 1.54) is 47.8 Å². The minimum Gasteiger partial charge on any atom is -0.394 e. The van der Waals surface area contributed by atoms with Gasteiger partial charge in [0.2, 0.25) is 0 Å². The molecule has 2 unspecified atom stereocenters. The molecule has 0 aromatic heterocycles. The molecule has 2 aromatic rings. The number of benzene rings is 2. The van der Waals surface area contributed by atoms with Crippen molar-refractivity contribution in [3.63, 3.8) is 0 Å². The molecule has 0 aliphatic heterocycles. The number of aryl methyl sites for hydroxylation is 2. The first-order valence-electron chi connectivity index (χ1n) is 14.6. The van der Waals surface area contributed by atoms with E-state index in [1.54, 1.807) is 38.1 Å². The van der Waals surface area contributed by atoms with Crippen LogP contribution in [0.2, 0.25) is 0 Å². The lowest BCUT2D eigenvalue weighted by Crippen LogP contribution is -2.44. The van der Waals surface area contributed by atoms with Crippen LogP contribution in [0.3, 0.4) is 0 Å². The van der Waals surface area contributed by atoms with E-state index in [0.29, 0.717) is 0 Å². The molecule has 0 heterocycles. The van der Waals surface area contributed by atoms with Crippen molar-refractivity contribution in [2.45, 2.75) is 98.5 Å². The Hall–Kier alpha value is -0.990. The van der Waals surface area contributed by atoms with Crippen molar-refractivity contribution >= 4 is 53.4 Å². The van der Waals surface area contributed by atoms with Gasteiger partial charge in [0.15, 0.2) is 0 Å². The molecule has 8 atom stereocenters. The molecule has 0 bridgehead atoms. The second-order valence-electron chi connectivity index (χ2n) is 10.4. The minimum absolute atomic E-state index is 0.0276. The van der Waals surface area contributed by atoms with Crippen molar-refractivity contribution in [3.8, 4) is 0 Å². The number of hydrogen-bond acceptors (Lipinski definition) is 14. The van der Waals surface area contributed by atoms with Crippen molar-refractivity contribution < 1.29 is 56.8 Å². The Morgan fingerprint density at radius 3 is 1.36 bits per heavy atom. The molecule has 0 saturated heterocycles. The van der Waals surface area contributed by atoms with Crippen LogP contribution in [-0.4, -0.2) is 124 Å². The van der Waals surface area contributed by atoms with Gasteiger partial charge in [0.05, 0.1) is 35.2 Å². The van der Waals surface area contributed by atoms with Crippen LogP contribution < -0.4 is 0 Å². The third kappa shape index (κ3) is 17.5. The molecule has 272 valence electrons. The molecule has 47 heavy (non-hydrogen) atoms. The minimum atomic E-state index is -4.02. The van der Waals surface area contributed by atoms with E-state index in [9.17, 15) is 42.4 Å². The summed E-state index contributed by atoms with van der Waals surface area (Å²) in [5, 5.41) is 65.6. The Labute approximate surface area is 291 Å². The molecule has 0 fully saturated rings. The third-order valence-electron chi connectivity index (χ3n) is 6.50. The summed E-state index contributed by atoms with van der Waals surface area (Å²) >= 11 is 2.92. The first-order chi connectivity index (χ1) is 21.7. The average molecular weight is 765 g/mol. The van der Waals surface area contributed by atoms with E-state index >= 15 is 0 Å². The molecule has 0 radical (unpaired) electrons. The number of hydrogen-bond donors (Lipinski definition) is 7. The zero-order chi connectivity index (χ0) is 36.5. The van der Waals surface area contributed by atoms with E-state index in [1.807, 2.05) is 27.7 Å². The van der Waals surface area contributed by atoms with Gasteiger partial charge in [-0.1, -0.05) is 63.1 Å². The predicted molar refractivity (Wildman–Crippen MR) is 187 cm³/mol. The van der Waals surface area contributed by atoms with Gasteiger partial charge in [0.25, 0.3) is 19.2 Å². The molecule has 0 amide bonds. The number of aliphatic hydroxyl groups is 7. The largest absolute Gasteiger partial charge is 0.394 e. The van der Waals surface area contributed by atoms with Gasteiger partial charge in [-0.15, -0.1) is 0 Å². The maximum absolute atomic E-state index is 12.0. The number of rotatable bonds is 16. The highest BCUT2D eigenvalue weighted by molar-refractivity contribution is 8.13. The quantitative estimate of drug-likeness (QED) is 0.0962. The third-order valence-corrected chi connectivity index (χ3v) is 11.4. The van der Waals surface area contributed by atoms with Crippen molar-refractivity contribution in [2.24, 2.45) is 0 Å². The summed E-state index contributed by atoms with van der Waals surface area (Å²) < 4.78 is 50.2. The first kappa shape index (κ1) is 46.0. The van der Waals surface area contributed by atoms with Crippen LogP contribution in [0, 0.1) is 13.8 Å². The summed E-state index contributed by atoms with van der Waals surface area (Å²) in [6.07, 6.45) is -7.73. The molecule has 17 heteroatoms. The zero-order valence-electron chi connectivity index (χ0n) is 27.2. The molecular formula is C30H49ClO12S4. The smallest absolute Gasteiger partial charge is 0.297 e. The first-order valence-corrected chi connectivity index (χ1v) is 20.4. The number of thioether (sulfide) groups is 2. The van der Waals surface area contributed by atoms with E-state index < -0.39 is 69.0 Å². The van der Waals surface area contributed by atoms with E-state index in [-0.39, 0.29) is 20.3 Å². The second-order valence-corrected chi connectivity index (χ2v) is 17.9. The molecule has 0 saturated carbocycles. The summed E-state index contributed by atoms with van der Waals surface area (Å²) in [6, 6.07) is 12.5. The standard InChI is InChI=1S/C15H24O6S2.C8H18O4S.C7H7ClO2S/c1-4-22-11(3)14(17)15(18)13(16)9-21-23(19,20)12-7-5-10(2)6-8-12;1-3-13-5(2)7(11)8(12)6(10)4-9;1-6-2-4-7(5-3-6)11(8,9)10/h5-8,11,13-18H,4,9H2,1-3H3;5-12H,3-4H2,1-2H3;2-5H,1H3/t11?,13-,14-,15-;5?,6-,7-,8-;/m00./s1. The fraction of sp³-hybridized carbons (Fsp3) is 0.600. The summed E-state index contributed by atoms with van der Waals surface area (Å²) in [6.45, 7) is 9.89. The summed E-state index contributed by atoms with van der Waals surface area (Å²) in [7, 11) is -2.48. The topological polar surface area (TPSA) is 219 Å². The van der Waals surface area contributed by atoms with Gasteiger partial charge in [0.1, 0.15) is 24.4 Å². The van der Waals surface area contributed by atoms with Gasteiger partial charge in [-0.3, -0.25) is 4.18 Å². The van der Waals surface area contributed by atoms with Crippen molar-refractivity contribution in [2.75, 3.05) is 24.7 Å². The van der Waals surface area contributed by atoms with Crippen LogP contribution in [0.4, 0.5) is 0 Å². The predicted octanol–water partition coefficient (Wildman–Crippen LogP) is 2.05. The highest BCUT2D eigenvalue weighted by Gasteiger charge is 2.31. The molecule has 2 aromatic carbocycles. The molecule has 12 nitrogen and oxygen atoms in total. The summed E-state index contributed by atoms with van der Waals surface area (Å²) in [4.78, 5) is 0.116. The van der Waals surface area contributed by atoms with Crippen molar-refractivity contribution in [3.05, 3.63) is 59.7 Å². The highest BCUT2D eigenvalue weighted by atomic mass is 35.7. The normalized spacial score (nSPS) is 17.0. The number of aliphatic hydroxyl groups excluding tert-OH is 7. The van der Waals surface area contributed by atoms with Gasteiger partial charge in [-0.2, -0.15) is 31.9 Å². The second kappa shape index (κ2) is 22.7. The molecule has 0 spiro atoms. The highest BCUT2D eigenvalue weighted by Crippen LogP contribution is 2.20. The lowest BCUT2D eigenvalue weighted by molar-refractivity contribution is -0.0749. The molecular weight excluding hydrogens is 716 g/mol. The van der Waals surface area contributed by atoms with E-state index in [0.717, 1.165) is 22.6 Å². The SMILES string of the molecule is CCSC(C)[C@H](O)[C@@H](O)[C@@H](O)CO.CCSC(C)[C@H](O)[C@@H](O)[C@@H](O)COS(=O)(=O)c1ccc(C)cc1.Cc1ccc(S(=O)(=O)Cl)cc1. The summed E-state index contributed by atoms with van der Waals surface area (Å²) in [5.41, 5.74) is 1.92. The molecule has 7 N–H and O–H groups in total. The van der Waals surface area contributed by atoms with Crippen molar-refractivity contribution in [1.82, 2.24) is 0 Å². The summed E-state index contributed by atoms with van der Waals surface area (Å²) in [5.74, 6) is 1.58. The maximum atomic E-state index is 12.0.